The van der Waals surface area contributed by atoms with Gasteiger partial charge in [0.05, 0.1) is 0 Å². The molecule has 0 unspecified atom stereocenters. The first kappa shape index (κ1) is 31.0. The van der Waals surface area contributed by atoms with Gasteiger partial charge in [0.15, 0.2) is 0 Å². The van der Waals surface area contributed by atoms with Crippen LogP contribution in [0.2, 0.25) is 0 Å². The van der Waals surface area contributed by atoms with E-state index in [1.54, 1.807) is 0 Å². The molecule has 0 aromatic heterocycles. The first-order chi connectivity index (χ1) is 0. The third-order valence-electron chi connectivity index (χ3n) is 0. The van der Waals surface area contributed by atoms with E-state index in [9.17, 15) is 0 Å². The van der Waals surface area contributed by atoms with Crippen molar-refractivity contribution in [3.05, 3.63) is 0 Å². The zero-order valence-electron chi connectivity index (χ0n) is 3.03. The Kier molecular flexibility index (Phi) is 137. The van der Waals surface area contributed by atoms with Gasteiger partial charge in [0.25, 0.3) is 0 Å². The van der Waals surface area contributed by atoms with Gasteiger partial charge in [-0.15, -0.1) is 0 Å². The van der Waals surface area contributed by atoms with Crippen LogP contribution in [0.4, 0.5) is 0 Å². The maximum atomic E-state index is 0. The van der Waals surface area contributed by atoms with Gasteiger partial charge in [-0.05, 0) is 0 Å². The van der Waals surface area contributed by atoms with Crippen molar-refractivity contribution in [2.75, 3.05) is 0 Å². The van der Waals surface area contributed by atoms with Crippen LogP contribution in [0, 0.1) is 0 Å². The first-order valence-electron chi connectivity index (χ1n) is 0. The van der Waals surface area contributed by atoms with Crippen molar-refractivity contribution in [3.8, 4) is 0 Å². The molecule has 0 saturated heterocycles. The van der Waals surface area contributed by atoms with E-state index in [4.69, 9.17) is 0 Å². The zero-order valence-corrected chi connectivity index (χ0v) is 7.26. The van der Waals surface area contributed by atoms with Crippen molar-refractivity contribution >= 4 is 0 Å². The molecule has 4 heavy (non-hydrogen) atoms. The van der Waals surface area contributed by atoms with Crippen molar-refractivity contribution in [3.63, 3.8) is 0 Å². The van der Waals surface area contributed by atoms with E-state index < -0.39 is 0 Å². The Bertz CT molecular complexity index is 11.6. The van der Waals surface area contributed by atoms with Crippen LogP contribution in [0.1, 0.15) is 1.43 Å². The average Bonchev–Trinajstić information content (AvgIpc) is 0. The van der Waals surface area contributed by atoms with Gasteiger partial charge in [-0.2, -0.15) is 0 Å². The van der Waals surface area contributed by atoms with Crippen LogP contribution < -0.4 is 29.6 Å². The van der Waals surface area contributed by atoms with Gasteiger partial charge in [0.2, 0.25) is 0 Å². The molecule has 0 saturated carbocycles. The Balaban J connectivity index is 0. The summed E-state index contributed by atoms with van der Waals surface area (Å²) in [6, 6.07) is 0. The van der Waals surface area contributed by atoms with Gasteiger partial charge < -0.3 is 1.43 Å². The van der Waals surface area contributed by atoms with Crippen molar-refractivity contribution in [1.82, 2.24) is 0 Å². The second-order valence-corrected chi connectivity index (χ2v) is 0. The second-order valence-electron chi connectivity index (χ2n) is 0. The monoisotopic (exact) mass is 198 g/mol. The predicted octanol–water partition coefficient (Wildman–Crippen LogP) is -2.89. The van der Waals surface area contributed by atoms with Gasteiger partial charge in [-0.1, -0.05) is 0 Å². The minimum atomic E-state index is 0. The van der Waals surface area contributed by atoms with Crippen LogP contribution in [0.5, 0.6) is 0 Å². The molecule has 0 aliphatic carbocycles. The number of rotatable bonds is 0. The quantitative estimate of drug-likeness (QED) is 0.367. The smallest absolute Gasteiger partial charge is 1.00 e. The molecule has 4 heteroatoms. The third-order valence-corrected chi connectivity index (χ3v) is 0. The number of hydrogen-bond donors (Lipinski definition) is 0. The SMILES string of the molecule is [Cu].[Fe].[H-].[Mn].[Na+]. The standard InChI is InChI=1S/Cu.Fe.Mn.Na.H/q;;;+1;-1. The molecule has 0 bridgehead atoms. The Morgan fingerprint density at radius 2 is 1.25 bits per heavy atom. The molecule has 0 N–H and O–H groups in total. The summed E-state index contributed by atoms with van der Waals surface area (Å²) in [4.78, 5) is 0. The minimum absolute atomic E-state index is 0. The number of hydrogen-bond acceptors (Lipinski definition) is 0. The van der Waals surface area contributed by atoms with Gasteiger partial charge >= 0.3 is 29.6 Å². The Labute approximate surface area is 81.1 Å². The van der Waals surface area contributed by atoms with E-state index in [2.05, 4.69) is 0 Å². The van der Waals surface area contributed by atoms with E-state index in [0.29, 0.717) is 0 Å². The summed E-state index contributed by atoms with van der Waals surface area (Å²) >= 11 is 0. The maximum absolute atomic E-state index is 0. The summed E-state index contributed by atoms with van der Waals surface area (Å²) in [5, 5.41) is 0. The first-order valence-corrected chi connectivity index (χ1v) is 0. The molecular weight excluding hydrogens is 197 g/mol. The van der Waals surface area contributed by atoms with Crippen molar-refractivity contribution in [1.29, 1.82) is 0 Å². The summed E-state index contributed by atoms with van der Waals surface area (Å²) in [7, 11) is 0. The van der Waals surface area contributed by atoms with E-state index in [1.165, 1.54) is 0 Å². The molecule has 2 radical (unpaired) electrons. The minimum Gasteiger partial charge on any atom is -1.00 e. The van der Waals surface area contributed by atoms with Crippen molar-refractivity contribution in [2.45, 2.75) is 0 Å². The summed E-state index contributed by atoms with van der Waals surface area (Å²) in [5.74, 6) is 0. The molecule has 0 heterocycles. The van der Waals surface area contributed by atoms with Crippen LogP contribution in [0.3, 0.4) is 0 Å². The molecule has 0 aromatic rings. The fourth-order valence-corrected chi connectivity index (χ4v) is 0. The van der Waals surface area contributed by atoms with Crippen molar-refractivity contribution in [2.24, 2.45) is 0 Å². The fraction of sp³-hybridized carbons (Fsp3) is 0. The molecule has 0 aliphatic rings. The average molecular weight is 198 g/mol. The van der Waals surface area contributed by atoms with E-state index >= 15 is 0 Å². The van der Waals surface area contributed by atoms with Crippen LogP contribution in [-0.4, -0.2) is 0 Å². The molecule has 0 nitrogen and oxygen atoms in total. The normalized spacial score (nSPS) is 0. The van der Waals surface area contributed by atoms with Gasteiger partial charge in [0, 0.05) is 51.2 Å². The molecule has 0 fully saturated rings. The third kappa shape index (κ3) is 8.82. The van der Waals surface area contributed by atoms with Crippen LogP contribution >= 0.6 is 0 Å². The molecule has 28 valence electrons. The largest absolute Gasteiger partial charge is 1.00 e. The van der Waals surface area contributed by atoms with Gasteiger partial charge in [-0.25, -0.2) is 0 Å². The van der Waals surface area contributed by atoms with E-state index in [-0.39, 0.29) is 82.2 Å². The second kappa shape index (κ2) is 17.6. The Hall–Kier alpha value is 2.56. The van der Waals surface area contributed by atoms with Gasteiger partial charge in [0.1, 0.15) is 0 Å². The summed E-state index contributed by atoms with van der Waals surface area (Å²) in [6.07, 6.45) is 0. The Morgan fingerprint density at radius 1 is 1.25 bits per heavy atom. The Morgan fingerprint density at radius 3 is 1.25 bits per heavy atom. The van der Waals surface area contributed by atoms with E-state index in [1.807, 2.05) is 0 Å². The fourth-order valence-electron chi connectivity index (χ4n) is 0. The molecule has 0 aliphatic heterocycles. The molecule has 0 aromatic carbocycles. The van der Waals surface area contributed by atoms with Gasteiger partial charge in [-0.3, -0.25) is 0 Å². The molecule has 0 spiro atoms. The molecule has 0 rings (SSSR count). The van der Waals surface area contributed by atoms with Crippen molar-refractivity contribution < 1.29 is 82.2 Å². The van der Waals surface area contributed by atoms with Crippen LogP contribution in [0.15, 0.2) is 0 Å². The molecule has 0 amide bonds. The summed E-state index contributed by atoms with van der Waals surface area (Å²) in [5.41, 5.74) is 0. The topological polar surface area (TPSA) is 0 Å². The predicted molar refractivity (Wildman–Crippen MR) is 1.11 cm³/mol. The zero-order chi connectivity index (χ0) is 0. The molecule has 0 atom stereocenters. The van der Waals surface area contributed by atoms with E-state index in [0.717, 1.165) is 0 Å². The van der Waals surface area contributed by atoms with Crippen LogP contribution in [0.25, 0.3) is 0 Å². The summed E-state index contributed by atoms with van der Waals surface area (Å²) < 4.78 is 0. The summed E-state index contributed by atoms with van der Waals surface area (Å²) in [6.45, 7) is 0. The van der Waals surface area contributed by atoms with Crippen LogP contribution in [-0.2, 0) is 51.2 Å². The maximum Gasteiger partial charge on any atom is 1.00 e. The molecular formula is HCuFeMnNa.